The van der Waals surface area contributed by atoms with Gasteiger partial charge >= 0.3 is 5.97 Å². The molecule has 3 aromatic carbocycles. The molecule has 0 aliphatic carbocycles. The van der Waals surface area contributed by atoms with Gasteiger partial charge in [-0.1, -0.05) is 67.6 Å². The second-order valence-corrected chi connectivity index (χ2v) is 10.3. The fourth-order valence-electron chi connectivity index (χ4n) is 4.98. The van der Waals surface area contributed by atoms with E-state index in [4.69, 9.17) is 5.10 Å². The van der Waals surface area contributed by atoms with Gasteiger partial charge in [-0.05, 0) is 74.0 Å². The second kappa shape index (κ2) is 13.8. The molecule has 0 amide bonds. The molecular weight excluding hydrogens is 493 g/mol. The maximum Gasteiger partial charge on any atom is 0.303 e. The summed E-state index contributed by atoms with van der Waals surface area (Å²) in [5.41, 5.74) is 2.79. The minimum absolute atomic E-state index is 0.00844. The van der Waals surface area contributed by atoms with Crippen LogP contribution in [0.3, 0.4) is 0 Å². The molecule has 2 unspecified atom stereocenters. The van der Waals surface area contributed by atoms with Crippen LogP contribution in [0.5, 0.6) is 0 Å². The Labute approximate surface area is 228 Å². The van der Waals surface area contributed by atoms with Crippen molar-refractivity contribution in [1.82, 2.24) is 15.1 Å². The van der Waals surface area contributed by atoms with Crippen molar-refractivity contribution in [3.05, 3.63) is 112 Å². The lowest BCUT2D eigenvalue weighted by Gasteiger charge is -2.22. The van der Waals surface area contributed by atoms with Gasteiger partial charge in [0.15, 0.2) is 0 Å². The Morgan fingerprint density at radius 2 is 1.59 bits per heavy atom. The Morgan fingerprint density at radius 1 is 0.897 bits per heavy atom. The number of aliphatic carboxylic acids is 1. The van der Waals surface area contributed by atoms with Crippen molar-refractivity contribution in [2.24, 2.45) is 5.92 Å². The number of fused-ring (bicyclic) bond motifs is 1. The van der Waals surface area contributed by atoms with Gasteiger partial charge in [0.05, 0.1) is 17.1 Å². The number of carbonyl (C=O) groups is 1. The SMILES string of the molecule is CC(CCC(CCNCCc1ccccc1)n1nc(Cc2ccc(F)cc2)c2ccccc2c1=O)CC(=O)O. The lowest BCUT2D eigenvalue weighted by molar-refractivity contribution is -0.138. The number of halogens is 1. The van der Waals surface area contributed by atoms with Crippen LogP contribution in [0.15, 0.2) is 83.7 Å². The third-order valence-electron chi connectivity index (χ3n) is 7.14. The molecule has 4 rings (SSSR count). The summed E-state index contributed by atoms with van der Waals surface area (Å²) in [4.78, 5) is 24.9. The number of carboxylic acid groups (broad SMARTS) is 1. The smallest absolute Gasteiger partial charge is 0.303 e. The van der Waals surface area contributed by atoms with Crippen LogP contribution in [-0.2, 0) is 17.6 Å². The van der Waals surface area contributed by atoms with Gasteiger partial charge in [0.25, 0.3) is 5.56 Å². The second-order valence-electron chi connectivity index (χ2n) is 10.3. The summed E-state index contributed by atoms with van der Waals surface area (Å²) >= 11 is 0. The van der Waals surface area contributed by atoms with Crippen molar-refractivity contribution in [2.45, 2.75) is 51.5 Å². The number of hydrogen-bond acceptors (Lipinski definition) is 4. The quantitative estimate of drug-likeness (QED) is 0.202. The molecule has 7 heteroatoms. The number of nitrogens with one attached hydrogen (secondary N) is 1. The highest BCUT2D eigenvalue weighted by Gasteiger charge is 2.20. The largest absolute Gasteiger partial charge is 0.481 e. The molecule has 39 heavy (non-hydrogen) atoms. The number of nitrogens with zero attached hydrogens (tertiary/aromatic N) is 2. The highest BCUT2D eigenvalue weighted by atomic mass is 19.1. The van der Waals surface area contributed by atoms with Crippen LogP contribution in [0.25, 0.3) is 10.8 Å². The Morgan fingerprint density at radius 3 is 2.31 bits per heavy atom. The van der Waals surface area contributed by atoms with Crippen molar-refractivity contribution in [2.75, 3.05) is 13.1 Å². The van der Waals surface area contributed by atoms with E-state index in [9.17, 15) is 19.1 Å². The van der Waals surface area contributed by atoms with Crippen molar-refractivity contribution >= 4 is 16.7 Å². The number of aromatic nitrogens is 2. The van der Waals surface area contributed by atoms with Crippen LogP contribution in [0.2, 0.25) is 0 Å². The summed E-state index contributed by atoms with van der Waals surface area (Å²) in [7, 11) is 0. The Hall–Kier alpha value is -3.84. The molecule has 0 bridgehead atoms. The predicted octanol–water partition coefficient (Wildman–Crippen LogP) is 5.78. The fourth-order valence-corrected chi connectivity index (χ4v) is 4.98. The van der Waals surface area contributed by atoms with Gasteiger partial charge in [-0.2, -0.15) is 5.10 Å². The zero-order chi connectivity index (χ0) is 27.6. The summed E-state index contributed by atoms with van der Waals surface area (Å²) in [5.74, 6) is -1.12. The first kappa shape index (κ1) is 28.2. The first-order valence-electron chi connectivity index (χ1n) is 13.6. The van der Waals surface area contributed by atoms with E-state index in [-0.39, 0.29) is 29.8 Å². The molecule has 4 aromatic rings. The van der Waals surface area contributed by atoms with Crippen LogP contribution in [0, 0.1) is 11.7 Å². The number of benzene rings is 3. The Bertz CT molecular complexity index is 1420. The van der Waals surface area contributed by atoms with Gasteiger partial charge < -0.3 is 10.4 Å². The van der Waals surface area contributed by atoms with E-state index in [0.29, 0.717) is 37.6 Å². The van der Waals surface area contributed by atoms with Crippen molar-refractivity contribution < 1.29 is 14.3 Å². The van der Waals surface area contributed by atoms with E-state index in [1.807, 2.05) is 49.4 Å². The molecule has 0 saturated heterocycles. The topological polar surface area (TPSA) is 84.2 Å². The average molecular weight is 530 g/mol. The molecule has 204 valence electrons. The van der Waals surface area contributed by atoms with Gasteiger partial charge in [-0.25, -0.2) is 9.07 Å². The van der Waals surface area contributed by atoms with E-state index >= 15 is 0 Å². The highest BCUT2D eigenvalue weighted by Crippen LogP contribution is 2.24. The number of rotatable bonds is 14. The van der Waals surface area contributed by atoms with Crippen LogP contribution < -0.4 is 10.9 Å². The van der Waals surface area contributed by atoms with Gasteiger partial charge in [0, 0.05) is 18.2 Å². The first-order chi connectivity index (χ1) is 18.9. The minimum Gasteiger partial charge on any atom is -0.481 e. The number of carboxylic acids is 1. The average Bonchev–Trinajstić information content (AvgIpc) is 2.93. The third kappa shape index (κ3) is 8.07. The summed E-state index contributed by atoms with van der Waals surface area (Å²) < 4.78 is 15.1. The van der Waals surface area contributed by atoms with Gasteiger partial charge in [-0.15, -0.1) is 0 Å². The van der Waals surface area contributed by atoms with E-state index < -0.39 is 5.97 Å². The zero-order valence-corrected chi connectivity index (χ0v) is 22.4. The van der Waals surface area contributed by atoms with Crippen molar-refractivity contribution in [3.8, 4) is 0 Å². The maximum absolute atomic E-state index is 13.7. The minimum atomic E-state index is -0.816. The normalized spacial score (nSPS) is 12.9. The molecule has 2 atom stereocenters. The van der Waals surface area contributed by atoms with Gasteiger partial charge in [0.2, 0.25) is 0 Å². The lowest BCUT2D eigenvalue weighted by Crippen LogP contribution is -2.31. The molecule has 0 fully saturated rings. The standard InChI is InChI=1S/C32H36FN3O3/c1-23(21-31(37)38)11-16-27(18-20-34-19-17-24-7-3-2-4-8-24)36-32(39)29-10-6-5-9-28(29)30(35-36)22-25-12-14-26(33)15-13-25/h2-10,12-15,23,27,34H,11,16-22H2,1H3,(H,37,38). The maximum atomic E-state index is 13.7. The molecule has 1 aromatic heterocycles. The van der Waals surface area contributed by atoms with E-state index in [0.717, 1.165) is 29.6 Å². The van der Waals surface area contributed by atoms with Crippen LogP contribution >= 0.6 is 0 Å². The molecule has 0 saturated carbocycles. The fraction of sp³-hybridized carbons (Fsp3) is 0.344. The summed E-state index contributed by atoms with van der Waals surface area (Å²) in [6.45, 7) is 3.46. The molecule has 0 aliphatic rings. The Balaban J connectivity index is 1.57. The van der Waals surface area contributed by atoms with Gasteiger partial charge in [-0.3, -0.25) is 9.59 Å². The lowest BCUT2D eigenvalue weighted by atomic mass is 9.97. The molecule has 6 nitrogen and oxygen atoms in total. The number of hydrogen-bond donors (Lipinski definition) is 2. The summed E-state index contributed by atoms with van der Waals surface area (Å²) in [6.07, 6.45) is 3.49. The van der Waals surface area contributed by atoms with Crippen LogP contribution in [0.4, 0.5) is 4.39 Å². The highest BCUT2D eigenvalue weighted by molar-refractivity contribution is 5.83. The van der Waals surface area contributed by atoms with Crippen LogP contribution in [0.1, 0.15) is 55.5 Å². The predicted molar refractivity (Wildman–Crippen MR) is 153 cm³/mol. The Kier molecular flexibility index (Phi) is 9.97. The van der Waals surface area contributed by atoms with Gasteiger partial charge in [0.1, 0.15) is 5.82 Å². The molecular formula is C32H36FN3O3. The summed E-state index contributed by atoms with van der Waals surface area (Å²) in [5, 5.41) is 19.0. The molecule has 0 aliphatic heterocycles. The molecule has 2 N–H and O–H groups in total. The van der Waals surface area contributed by atoms with E-state index in [1.165, 1.54) is 17.7 Å². The third-order valence-corrected chi connectivity index (χ3v) is 7.14. The molecule has 1 heterocycles. The molecule has 0 spiro atoms. The summed E-state index contributed by atoms with van der Waals surface area (Å²) in [6, 6.07) is 23.9. The van der Waals surface area contributed by atoms with Crippen molar-refractivity contribution in [1.29, 1.82) is 0 Å². The monoisotopic (exact) mass is 529 g/mol. The first-order valence-corrected chi connectivity index (χ1v) is 13.6. The molecule has 0 radical (unpaired) electrons. The van der Waals surface area contributed by atoms with Crippen molar-refractivity contribution in [3.63, 3.8) is 0 Å². The van der Waals surface area contributed by atoms with E-state index in [1.54, 1.807) is 16.8 Å². The zero-order valence-electron chi connectivity index (χ0n) is 22.4. The van der Waals surface area contributed by atoms with Crippen LogP contribution in [-0.4, -0.2) is 33.9 Å². The van der Waals surface area contributed by atoms with E-state index in [2.05, 4.69) is 17.4 Å².